The summed E-state index contributed by atoms with van der Waals surface area (Å²) >= 11 is 0. The van der Waals surface area contributed by atoms with E-state index in [1.54, 1.807) is 36.3 Å². The van der Waals surface area contributed by atoms with Gasteiger partial charge in [0.15, 0.2) is 11.5 Å². The van der Waals surface area contributed by atoms with Crippen LogP contribution >= 0.6 is 0 Å². The molecule has 0 radical (unpaired) electrons. The molecule has 0 bridgehead atoms. The van der Waals surface area contributed by atoms with E-state index in [1.807, 2.05) is 60.7 Å². The lowest BCUT2D eigenvalue weighted by Crippen LogP contribution is -2.47. The van der Waals surface area contributed by atoms with Crippen molar-refractivity contribution in [1.82, 2.24) is 9.21 Å². The molecule has 1 saturated heterocycles. The number of hydrogen-bond donors (Lipinski definition) is 1. The van der Waals surface area contributed by atoms with Crippen molar-refractivity contribution in [3.8, 4) is 5.75 Å². The molecular formula is C28H30N4O4S. The summed E-state index contributed by atoms with van der Waals surface area (Å²) in [6.07, 6.45) is 1.24. The zero-order valence-corrected chi connectivity index (χ0v) is 21.5. The quantitative estimate of drug-likeness (QED) is 0.517. The Kier molecular flexibility index (Phi) is 6.74. The van der Waals surface area contributed by atoms with Crippen molar-refractivity contribution in [3.05, 3.63) is 96.1 Å². The van der Waals surface area contributed by atoms with Crippen LogP contribution in [0.15, 0.2) is 94.8 Å². The Labute approximate surface area is 217 Å². The first-order valence-corrected chi connectivity index (χ1v) is 13.7. The van der Waals surface area contributed by atoms with Gasteiger partial charge in [0.05, 0.1) is 12.0 Å². The molecule has 37 heavy (non-hydrogen) atoms. The van der Waals surface area contributed by atoms with Gasteiger partial charge in [0.25, 0.3) is 5.91 Å². The Morgan fingerprint density at radius 2 is 1.46 bits per heavy atom. The van der Waals surface area contributed by atoms with Gasteiger partial charge >= 0.3 is 0 Å². The van der Waals surface area contributed by atoms with E-state index in [4.69, 9.17) is 15.5 Å². The highest BCUT2D eigenvalue weighted by atomic mass is 32.2. The molecule has 2 aliphatic rings. The molecule has 0 saturated carbocycles. The van der Waals surface area contributed by atoms with E-state index in [0.717, 1.165) is 11.1 Å². The number of sulfonamides is 1. The minimum atomic E-state index is -3.60. The van der Waals surface area contributed by atoms with E-state index in [0.29, 0.717) is 38.2 Å². The summed E-state index contributed by atoms with van der Waals surface area (Å²) in [6.45, 7) is 1.15. The number of guanidine groups is 1. The second-order valence-electron chi connectivity index (χ2n) is 9.35. The van der Waals surface area contributed by atoms with Crippen molar-refractivity contribution >= 4 is 21.9 Å². The fourth-order valence-electron chi connectivity index (χ4n) is 5.14. The monoisotopic (exact) mass is 518 g/mol. The number of nitrogens with zero attached hydrogens (tertiary/aromatic N) is 3. The molecule has 0 unspecified atom stereocenters. The first-order valence-electron chi connectivity index (χ1n) is 12.3. The normalized spacial score (nSPS) is 18.6. The van der Waals surface area contributed by atoms with Crippen LogP contribution < -0.4 is 10.5 Å². The van der Waals surface area contributed by atoms with Crippen LogP contribution in [0.1, 0.15) is 24.0 Å². The average molecular weight is 519 g/mol. The highest BCUT2D eigenvalue weighted by Gasteiger charge is 2.51. The molecule has 0 aromatic heterocycles. The van der Waals surface area contributed by atoms with Gasteiger partial charge in [-0.3, -0.25) is 9.69 Å². The Bertz CT molecular complexity index is 1350. The molecule has 3 aromatic carbocycles. The Balaban J connectivity index is 1.32. The molecule has 2 aliphatic heterocycles. The molecule has 192 valence electrons. The van der Waals surface area contributed by atoms with E-state index in [1.165, 1.54) is 4.31 Å². The maximum Gasteiger partial charge on any atom is 0.266 e. The molecule has 9 heteroatoms. The van der Waals surface area contributed by atoms with Gasteiger partial charge in [-0.15, -0.1) is 0 Å². The Morgan fingerprint density at radius 3 is 1.97 bits per heavy atom. The maximum atomic E-state index is 14.0. The van der Waals surface area contributed by atoms with Crippen molar-refractivity contribution in [2.45, 2.75) is 23.3 Å². The summed E-state index contributed by atoms with van der Waals surface area (Å²) < 4.78 is 32.9. The Morgan fingerprint density at radius 1 is 0.919 bits per heavy atom. The van der Waals surface area contributed by atoms with Crippen LogP contribution in [0.2, 0.25) is 0 Å². The topological polar surface area (TPSA) is 105 Å². The number of methoxy groups -OCH3 is 1. The lowest BCUT2D eigenvalue weighted by molar-refractivity contribution is -0.130. The van der Waals surface area contributed by atoms with Gasteiger partial charge in [0, 0.05) is 19.6 Å². The van der Waals surface area contributed by atoms with Crippen LogP contribution in [0.25, 0.3) is 0 Å². The van der Waals surface area contributed by atoms with Crippen molar-refractivity contribution in [2.24, 2.45) is 16.6 Å². The molecule has 2 heterocycles. The average Bonchev–Trinajstić information content (AvgIpc) is 3.20. The lowest BCUT2D eigenvalue weighted by Gasteiger charge is -2.34. The maximum absolute atomic E-state index is 14.0. The number of hydrogen-bond acceptors (Lipinski definition) is 6. The van der Waals surface area contributed by atoms with Crippen LogP contribution in [-0.4, -0.2) is 56.2 Å². The number of aliphatic imine (C=N–C) groups is 1. The van der Waals surface area contributed by atoms with Crippen molar-refractivity contribution < 1.29 is 17.9 Å². The van der Waals surface area contributed by atoms with Crippen LogP contribution in [0.3, 0.4) is 0 Å². The summed E-state index contributed by atoms with van der Waals surface area (Å²) in [5.74, 6) is 0.707. The summed E-state index contributed by atoms with van der Waals surface area (Å²) in [4.78, 5) is 20.6. The zero-order valence-electron chi connectivity index (χ0n) is 20.7. The number of ether oxygens (including phenoxy) is 1. The molecule has 0 atom stereocenters. The first kappa shape index (κ1) is 25.0. The van der Waals surface area contributed by atoms with Crippen molar-refractivity contribution in [1.29, 1.82) is 0 Å². The van der Waals surface area contributed by atoms with Gasteiger partial charge in [-0.1, -0.05) is 60.7 Å². The van der Waals surface area contributed by atoms with Crippen LogP contribution in [-0.2, 0) is 20.4 Å². The second-order valence-corrected chi connectivity index (χ2v) is 11.3. The van der Waals surface area contributed by atoms with Gasteiger partial charge in [0.1, 0.15) is 5.75 Å². The highest BCUT2D eigenvalue weighted by molar-refractivity contribution is 7.89. The number of piperidine rings is 1. The number of rotatable bonds is 7. The first-order chi connectivity index (χ1) is 17.9. The fourth-order valence-corrected chi connectivity index (χ4v) is 6.61. The molecule has 3 aromatic rings. The van der Waals surface area contributed by atoms with Crippen molar-refractivity contribution in [2.75, 3.05) is 26.7 Å². The number of amides is 1. The third kappa shape index (κ3) is 4.49. The number of carbonyl (C=O) groups is 1. The third-order valence-electron chi connectivity index (χ3n) is 7.21. The molecule has 1 fully saturated rings. The highest BCUT2D eigenvalue weighted by Crippen LogP contribution is 2.40. The van der Waals surface area contributed by atoms with Crippen LogP contribution in [0, 0.1) is 5.92 Å². The van der Waals surface area contributed by atoms with E-state index in [2.05, 4.69) is 0 Å². The Hall–Kier alpha value is -3.69. The summed E-state index contributed by atoms with van der Waals surface area (Å²) in [5, 5.41) is 0. The molecule has 2 N–H and O–H groups in total. The summed E-state index contributed by atoms with van der Waals surface area (Å²) in [6, 6.07) is 25.4. The van der Waals surface area contributed by atoms with Gasteiger partial charge < -0.3 is 10.5 Å². The molecule has 8 nitrogen and oxygen atoms in total. The van der Waals surface area contributed by atoms with Crippen LogP contribution in [0.5, 0.6) is 5.75 Å². The summed E-state index contributed by atoms with van der Waals surface area (Å²) in [7, 11) is -2.06. The predicted molar refractivity (Wildman–Crippen MR) is 141 cm³/mol. The predicted octanol–water partition coefficient (Wildman–Crippen LogP) is 3.20. The largest absolute Gasteiger partial charge is 0.497 e. The van der Waals surface area contributed by atoms with E-state index in [-0.39, 0.29) is 22.7 Å². The zero-order chi connectivity index (χ0) is 26.0. The van der Waals surface area contributed by atoms with Gasteiger partial charge in [0.2, 0.25) is 10.0 Å². The van der Waals surface area contributed by atoms with Gasteiger partial charge in [-0.2, -0.15) is 4.31 Å². The lowest BCUT2D eigenvalue weighted by atomic mass is 9.82. The van der Waals surface area contributed by atoms with Gasteiger partial charge in [-0.05, 0) is 54.2 Å². The van der Waals surface area contributed by atoms with Gasteiger partial charge in [-0.25, -0.2) is 13.4 Å². The number of nitrogens with two attached hydrogens (primary N) is 1. The molecule has 0 spiro atoms. The fraction of sp³-hybridized carbons (Fsp3) is 0.286. The molecular weight excluding hydrogens is 488 g/mol. The minimum absolute atomic E-state index is 0.0994. The number of benzene rings is 3. The smallest absolute Gasteiger partial charge is 0.266 e. The standard InChI is InChI=1S/C28H30N4O4S/c1-36-24-12-14-25(15-13-24)37(34,35)31-18-16-21(17-19-31)20-32-26(33)28(30-27(32)29,22-8-4-2-5-9-22)23-10-6-3-7-11-23/h2-15,21H,16-20H2,1H3,(H2,29,30). The van der Waals surface area contributed by atoms with E-state index < -0.39 is 15.6 Å². The molecule has 0 aliphatic carbocycles. The van der Waals surface area contributed by atoms with Crippen LogP contribution in [0.4, 0.5) is 0 Å². The SMILES string of the molecule is COc1ccc(S(=O)(=O)N2CCC(CN3C(=O)C(c4ccccc4)(c4ccccc4)N=C3N)CC2)cc1. The summed E-state index contributed by atoms with van der Waals surface area (Å²) in [5.41, 5.74) is 6.66. The number of carbonyl (C=O) groups excluding carboxylic acids is 1. The van der Waals surface area contributed by atoms with E-state index >= 15 is 0 Å². The second kappa shape index (κ2) is 9.99. The third-order valence-corrected chi connectivity index (χ3v) is 9.12. The van der Waals surface area contributed by atoms with E-state index in [9.17, 15) is 13.2 Å². The van der Waals surface area contributed by atoms with Crippen molar-refractivity contribution in [3.63, 3.8) is 0 Å². The molecule has 5 rings (SSSR count). The molecule has 1 amide bonds. The minimum Gasteiger partial charge on any atom is -0.497 e.